The Kier molecular flexibility index (Phi) is 11.2. The highest BCUT2D eigenvalue weighted by atomic mass is 79.9. The van der Waals surface area contributed by atoms with Crippen molar-refractivity contribution in [3.63, 3.8) is 0 Å². The summed E-state index contributed by atoms with van der Waals surface area (Å²) in [6.45, 7) is 19.5. The van der Waals surface area contributed by atoms with Crippen LogP contribution in [-0.2, 0) is 25.5 Å². The van der Waals surface area contributed by atoms with Crippen LogP contribution >= 0.6 is 15.9 Å². The maximum absolute atomic E-state index is 16.0. The number of amidine groups is 1. The summed E-state index contributed by atoms with van der Waals surface area (Å²) in [6, 6.07) is 0. The van der Waals surface area contributed by atoms with Crippen LogP contribution in [0.15, 0.2) is 58.5 Å². The van der Waals surface area contributed by atoms with E-state index in [1.54, 1.807) is 13.0 Å². The zero-order chi connectivity index (χ0) is 42.0. The van der Waals surface area contributed by atoms with Gasteiger partial charge >= 0.3 is 5.97 Å². The smallest absolute Gasteiger partial charge is 0.333 e. The van der Waals surface area contributed by atoms with Crippen LogP contribution < -0.4 is 25.7 Å². The van der Waals surface area contributed by atoms with E-state index in [1.165, 1.54) is 12.7 Å². The first-order valence-corrected chi connectivity index (χ1v) is 20.6. The van der Waals surface area contributed by atoms with E-state index in [0.29, 0.717) is 29.7 Å². The SMILES string of the molecule is C=C(N)C(/C(N)=N\O)C1C2CC3C(C)(C)OC(C/C=C(/C)C(=O)OC)(C2=O)C32Oc3c(CC=C(C)C)c4c(c(OCBr)c3C(=O)C12)C=CC(C)(CCC=C(C)C)O4. The van der Waals surface area contributed by atoms with Crippen LogP contribution in [0.3, 0.4) is 0 Å². The molecule has 8 atom stereocenters. The number of alkyl halides is 1. The summed E-state index contributed by atoms with van der Waals surface area (Å²) in [6.07, 6.45) is 11.8. The molecule has 1 aromatic rings. The van der Waals surface area contributed by atoms with E-state index in [4.69, 9.17) is 35.2 Å². The Bertz CT molecular complexity index is 2060. The van der Waals surface area contributed by atoms with Gasteiger partial charge in [-0.2, -0.15) is 0 Å². The second-order valence-electron chi connectivity index (χ2n) is 17.3. The van der Waals surface area contributed by atoms with Crippen molar-refractivity contribution < 1.29 is 43.3 Å². The predicted octanol–water partition coefficient (Wildman–Crippen LogP) is 7.49. The van der Waals surface area contributed by atoms with Crippen LogP contribution in [0, 0.1) is 29.6 Å². The Balaban J connectivity index is 1.71. The number of benzene rings is 1. The van der Waals surface area contributed by atoms with Crippen LogP contribution in [0.4, 0.5) is 0 Å². The molecule has 6 aliphatic rings. The van der Waals surface area contributed by atoms with Crippen molar-refractivity contribution in [3.05, 3.63) is 70.0 Å². The molecule has 4 fully saturated rings. The number of Topliss-reactive ketones (excluding diaryl/α,β-unsaturated/α-hetero) is 2. The molecule has 3 aliphatic heterocycles. The fourth-order valence-electron chi connectivity index (χ4n) is 10.3. The molecule has 5 N–H and O–H groups in total. The minimum atomic E-state index is -1.75. The van der Waals surface area contributed by atoms with Crippen LogP contribution in [0.25, 0.3) is 6.08 Å². The molecule has 4 bridgehead atoms. The molecular formula is C44H56BrN3O9. The number of hydrogen-bond acceptors (Lipinski definition) is 11. The van der Waals surface area contributed by atoms with Gasteiger partial charge in [0.2, 0.25) is 0 Å². The van der Waals surface area contributed by atoms with Crippen molar-refractivity contribution >= 4 is 45.4 Å². The maximum atomic E-state index is 16.0. The number of oxime groups is 1. The molecule has 3 heterocycles. The zero-order valence-electron chi connectivity index (χ0n) is 34.4. The first kappa shape index (κ1) is 42.3. The minimum Gasteiger partial charge on any atom is -0.482 e. The van der Waals surface area contributed by atoms with Gasteiger partial charge in [-0.15, -0.1) is 0 Å². The van der Waals surface area contributed by atoms with Crippen molar-refractivity contribution in [2.75, 3.05) is 12.6 Å². The Morgan fingerprint density at radius 2 is 1.77 bits per heavy atom. The quantitative estimate of drug-likeness (QED) is 0.0261. The van der Waals surface area contributed by atoms with Gasteiger partial charge in [0.25, 0.3) is 0 Å². The number of allylic oxidation sites excluding steroid dienone is 4. The molecule has 8 unspecified atom stereocenters. The lowest BCUT2D eigenvalue weighted by molar-refractivity contribution is -0.213. The van der Waals surface area contributed by atoms with Gasteiger partial charge in [0.1, 0.15) is 39.8 Å². The van der Waals surface area contributed by atoms with Gasteiger partial charge in [0.15, 0.2) is 22.8 Å². The number of carbonyl (C=O) groups excluding carboxylic acids is 3. The van der Waals surface area contributed by atoms with E-state index >= 15 is 9.59 Å². The monoisotopic (exact) mass is 849 g/mol. The highest BCUT2D eigenvalue weighted by molar-refractivity contribution is 9.09. The van der Waals surface area contributed by atoms with Gasteiger partial charge in [-0.25, -0.2) is 4.79 Å². The molecule has 308 valence electrons. The minimum absolute atomic E-state index is 0.0303. The van der Waals surface area contributed by atoms with Gasteiger partial charge in [-0.05, 0) is 115 Å². The number of esters is 1. The van der Waals surface area contributed by atoms with E-state index in [0.717, 1.165) is 12.0 Å². The molecule has 12 nitrogen and oxygen atoms in total. The molecule has 0 aromatic heterocycles. The second-order valence-corrected chi connectivity index (χ2v) is 17.8. The first-order valence-electron chi connectivity index (χ1n) is 19.5. The first-order chi connectivity index (χ1) is 26.8. The van der Waals surface area contributed by atoms with Gasteiger partial charge in [0, 0.05) is 35.1 Å². The molecule has 3 aliphatic carbocycles. The summed E-state index contributed by atoms with van der Waals surface area (Å²) in [5.41, 5.74) is 11.7. The van der Waals surface area contributed by atoms with E-state index in [1.807, 2.05) is 52.8 Å². The van der Waals surface area contributed by atoms with E-state index < -0.39 is 58.0 Å². The number of hydrogen-bond donors (Lipinski definition) is 3. The van der Waals surface area contributed by atoms with Crippen molar-refractivity contribution in [3.8, 4) is 17.2 Å². The standard InChI is InChI=1S/C44H56BrN3O9/c1-22(2)12-11-17-42(9)18-16-27-35(55-42)26(14-13-23(3)4)37-32(36(27)54-21-45)34(49)33-31(30(25(6)46)39(47)48-52)28-20-29-41(7,8)57-43(38(28)50,44(29,33)56-37)19-15-24(5)40(51)53-10/h12-13,15-16,18,28-31,33,52H,6,11,14,17,19-21,46H2,1-5,7-10H3,(H2,47,48)/b24-15-. The molecule has 0 radical (unpaired) electrons. The summed E-state index contributed by atoms with van der Waals surface area (Å²) in [5, 5.41) is 13.4. The van der Waals surface area contributed by atoms with Crippen LogP contribution in [0.5, 0.6) is 17.2 Å². The van der Waals surface area contributed by atoms with Crippen LogP contribution in [0.2, 0.25) is 0 Å². The predicted molar refractivity (Wildman–Crippen MR) is 221 cm³/mol. The summed E-state index contributed by atoms with van der Waals surface area (Å²) in [4.78, 5) is 44.1. The lowest BCUT2D eigenvalue weighted by Crippen LogP contribution is -2.79. The summed E-state index contributed by atoms with van der Waals surface area (Å²) >= 11 is 3.44. The highest BCUT2D eigenvalue weighted by Crippen LogP contribution is 2.73. The topological polar surface area (TPSA) is 182 Å². The summed E-state index contributed by atoms with van der Waals surface area (Å²) < 4.78 is 33.0. The van der Waals surface area contributed by atoms with Crippen LogP contribution in [0.1, 0.15) is 103 Å². The fraction of sp³-hybridized carbons (Fsp3) is 0.545. The normalized spacial score (nSPS) is 30.9. The third-order valence-corrected chi connectivity index (χ3v) is 12.9. The van der Waals surface area contributed by atoms with Crippen molar-refractivity contribution in [2.45, 2.75) is 110 Å². The van der Waals surface area contributed by atoms with Crippen molar-refractivity contribution in [1.82, 2.24) is 0 Å². The number of fused-ring (bicyclic) bond motifs is 2. The maximum Gasteiger partial charge on any atom is 0.333 e. The Hall–Kier alpha value is -4.36. The molecule has 7 rings (SSSR count). The van der Waals surface area contributed by atoms with Crippen molar-refractivity contribution in [2.24, 2.45) is 46.2 Å². The zero-order valence-corrected chi connectivity index (χ0v) is 36.0. The average molecular weight is 851 g/mol. The number of ether oxygens (including phenoxy) is 5. The van der Waals surface area contributed by atoms with Gasteiger partial charge < -0.3 is 40.4 Å². The lowest BCUT2D eigenvalue weighted by Gasteiger charge is -2.64. The molecule has 1 aromatic carbocycles. The Morgan fingerprint density at radius 1 is 1.09 bits per heavy atom. The Labute approximate surface area is 343 Å². The van der Waals surface area contributed by atoms with E-state index in [9.17, 15) is 10.0 Å². The van der Waals surface area contributed by atoms with Crippen LogP contribution in [-0.4, -0.2) is 63.6 Å². The number of nitrogens with two attached hydrogens (primary N) is 2. The molecule has 57 heavy (non-hydrogen) atoms. The number of nitrogens with zero attached hydrogens (tertiary/aromatic N) is 1. The average Bonchev–Trinajstić information content (AvgIpc) is 3.28. The summed E-state index contributed by atoms with van der Waals surface area (Å²) in [5.74, 6) is -4.99. The number of carbonyl (C=O) groups is 3. The number of ketones is 2. The third kappa shape index (κ3) is 6.53. The highest BCUT2D eigenvalue weighted by Gasteiger charge is 2.86. The molecule has 0 amide bonds. The molecular weight excluding hydrogens is 794 g/mol. The van der Waals surface area contributed by atoms with Gasteiger partial charge in [0.05, 0.1) is 30.1 Å². The number of rotatable bonds is 13. The largest absolute Gasteiger partial charge is 0.482 e. The molecule has 13 heteroatoms. The van der Waals surface area contributed by atoms with E-state index in [-0.39, 0.29) is 64.1 Å². The molecule has 3 saturated carbocycles. The molecule has 1 spiro atoms. The third-order valence-electron chi connectivity index (χ3n) is 12.7. The lowest BCUT2D eigenvalue weighted by atomic mass is 9.41. The molecule has 1 saturated heterocycles. The number of halogens is 1. The van der Waals surface area contributed by atoms with Gasteiger partial charge in [-0.1, -0.05) is 41.1 Å². The number of methoxy groups -OCH3 is 1. The Morgan fingerprint density at radius 3 is 2.37 bits per heavy atom. The summed E-state index contributed by atoms with van der Waals surface area (Å²) in [7, 11) is 1.29. The van der Waals surface area contributed by atoms with Crippen molar-refractivity contribution in [1.29, 1.82) is 0 Å². The van der Waals surface area contributed by atoms with E-state index in [2.05, 4.69) is 47.6 Å². The van der Waals surface area contributed by atoms with Gasteiger partial charge in [-0.3, -0.25) is 9.59 Å². The fourth-order valence-corrected chi connectivity index (χ4v) is 10.5. The second kappa shape index (κ2) is 15.1.